The fourth-order valence-corrected chi connectivity index (χ4v) is 2.61. The van der Waals surface area contributed by atoms with Gasteiger partial charge in [0.25, 0.3) is 5.91 Å². The molecule has 1 aromatic rings. The molecule has 0 aliphatic carbocycles. The topological polar surface area (TPSA) is 66.5 Å². The maximum absolute atomic E-state index is 13.4. The molecule has 20 heavy (non-hydrogen) atoms. The van der Waals surface area contributed by atoms with E-state index < -0.39 is 23.7 Å². The molecular weight excluding hydrogens is 262 g/mol. The summed E-state index contributed by atoms with van der Waals surface area (Å²) in [6.07, 6.45) is 0.468. The van der Waals surface area contributed by atoms with Crippen LogP contribution in [-0.2, 0) is 16.1 Å². The molecule has 1 unspecified atom stereocenters. The van der Waals surface area contributed by atoms with E-state index in [4.69, 9.17) is 7.85 Å². The van der Waals surface area contributed by atoms with Gasteiger partial charge in [-0.15, -0.1) is 0 Å². The van der Waals surface area contributed by atoms with Gasteiger partial charge in [-0.25, -0.2) is 4.39 Å². The Bertz CT molecular complexity index is 647. The van der Waals surface area contributed by atoms with Gasteiger partial charge in [0.05, 0.1) is 0 Å². The molecule has 100 valence electrons. The summed E-state index contributed by atoms with van der Waals surface area (Å²) in [5.41, 5.74) is 0.793. The number of nitrogens with one attached hydrogen (secondary N) is 1. The van der Waals surface area contributed by atoms with Gasteiger partial charge in [-0.2, -0.15) is 0 Å². The van der Waals surface area contributed by atoms with E-state index in [1.54, 1.807) is 0 Å². The molecule has 7 heteroatoms. The van der Waals surface area contributed by atoms with Crippen LogP contribution in [0.25, 0.3) is 0 Å². The summed E-state index contributed by atoms with van der Waals surface area (Å²) in [7, 11) is 5.48. The first-order valence-electron chi connectivity index (χ1n) is 6.20. The van der Waals surface area contributed by atoms with Crippen molar-refractivity contribution in [3.05, 3.63) is 29.1 Å². The van der Waals surface area contributed by atoms with E-state index in [0.29, 0.717) is 5.56 Å². The van der Waals surface area contributed by atoms with Crippen molar-refractivity contribution in [3.8, 4) is 0 Å². The highest BCUT2D eigenvalue weighted by Crippen LogP contribution is 2.27. The minimum Gasteiger partial charge on any atom is -0.322 e. The van der Waals surface area contributed by atoms with Gasteiger partial charge in [-0.05, 0) is 18.1 Å². The van der Waals surface area contributed by atoms with Gasteiger partial charge in [0, 0.05) is 18.5 Å². The smallest absolute Gasteiger partial charge is 0.255 e. The third-order valence-electron chi connectivity index (χ3n) is 3.64. The van der Waals surface area contributed by atoms with Gasteiger partial charge in [0.1, 0.15) is 19.7 Å². The van der Waals surface area contributed by atoms with Crippen molar-refractivity contribution in [3.63, 3.8) is 0 Å². The normalized spacial score (nSPS) is 21.9. The molecule has 2 aliphatic rings. The predicted octanol–water partition coefficient (Wildman–Crippen LogP) is -0.620. The Hall–Kier alpha value is -2.18. The zero-order chi connectivity index (χ0) is 14.4. The molecule has 0 aromatic heterocycles. The number of piperidine rings is 1. The monoisotopic (exact) mass is 272 g/mol. The van der Waals surface area contributed by atoms with Crippen LogP contribution in [0.3, 0.4) is 0 Å². The second-order valence-electron chi connectivity index (χ2n) is 4.93. The van der Waals surface area contributed by atoms with Crippen molar-refractivity contribution < 1.29 is 18.8 Å². The number of carbonyl (C=O) groups is 3. The quantitative estimate of drug-likeness (QED) is 0.547. The highest BCUT2D eigenvalue weighted by atomic mass is 19.1. The molecule has 2 heterocycles. The van der Waals surface area contributed by atoms with E-state index in [1.807, 2.05) is 0 Å². The number of amides is 3. The number of hydrogen-bond donors (Lipinski definition) is 1. The third kappa shape index (κ3) is 1.90. The summed E-state index contributed by atoms with van der Waals surface area (Å²) in [6.45, 7) is 0.199. The molecule has 2 radical (unpaired) electrons. The fourth-order valence-electron chi connectivity index (χ4n) is 2.61. The summed E-state index contributed by atoms with van der Waals surface area (Å²) < 4.78 is 13.4. The highest BCUT2D eigenvalue weighted by molar-refractivity contribution is 6.32. The summed E-state index contributed by atoms with van der Waals surface area (Å²) in [6, 6.07) is 1.81. The lowest BCUT2D eigenvalue weighted by molar-refractivity contribution is -0.136. The number of fused-ring (bicyclic) bond motifs is 1. The molecule has 2 aliphatic heterocycles. The molecule has 3 rings (SSSR count). The van der Waals surface area contributed by atoms with Crippen LogP contribution in [0.5, 0.6) is 0 Å². The summed E-state index contributed by atoms with van der Waals surface area (Å²) >= 11 is 0. The van der Waals surface area contributed by atoms with Crippen LogP contribution in [0.1, 0.15) is 28.8 Å². The van der Waals surface area contributed by atoms with Crippen LogP contribution >= 0.6 is 0 Å². The molecule has 5 nitrogen and oxygen atoms in total. The molecule has 0 bridgehead atoms. The van der Waals surface area contributed by atoms with Crippen molar-refractivity contribution >= 4 is 31.0 Å². The molecule has 0 saturated carbocycles. The number of hydrogen-bond acceptors (Lipinski definition) is 3. The van der Waals surface area contributed by atoms with Crippen LogP contribution in [0.4, 0.5) is 4.39 Å². The Kier molecular flexibility index (Phi) is 2.85. The summed E-state index contributed by atoms with van der Waals surface area (Å²) in [5, 5.41) is 2.21. The second-order valence-corrected chi connectivity index (χ2v) is 4.93. The first-order chi connectivity index (χ1) is 9.47. The van der Waals surface area contributed by atoms with E-state index in [0.717, 1.165) is 6.07 Å². The van der Waals surface area contributed by atoms with Crippen LogP contribution in [0, 0.1) is 5.82 Å². The number of halogens is 1. The molecule has 3 amide bonds. The minimum atomic E-state index is -0.697. The molecular formula is C13H10BFN2O3. The Balaban J connectivity index is 1.90. The van der Waals surface area contributed by atoms with Gasteiger partial charge in [-0.3, -0.25) is 19.7 Å². The van der Waals surface area contributed by atoms with E-state index in [2.05, 4.69) is 5.32 Å². The van der Waals surface area contributed by atoms with E-state index in [9.17, 15) is 18.8 Å². The summed E-state index contributed by atoms with van der Waals surface area (Å²) in [5.74, 6) is -1.89. The van der Waals surface area contributed by atoms with Gasteiger partial charge < -0.3 is 4.90 Å². The lowest BCUT2D eigenvalue weighted by atomic mass is 9.92. The average molecular weight is 272 g/mol. The third-order valence-corrected chi connectivity index (χ3v) is 3.64. The number of rotatable bonds is 1. The lowest BCUT2D eigenvalue weighted by Crippen LogP contribution is -2.52. The van der Waals surface area contributed by atoms with Crippen molar-refractivity contribution in [1.82, 2.24) is 10.2 Å². The van der Waals surface area contributed by atoms with Crippen molar-refractivity contribution in [2.75, 3.05) is 0 Å². The van der Waals surface area contributed by atoms with E-state index >= 15 is 0 Å². The van der Waals surface area contributed by atoms with Crippen molar-refractivity contribution in [2.24, 2.45) is 0 Å². The standard InChI is InChI=1S/C13H10BFN2O3/c14-8-3-6-5-17(13(20)7(6)4-9(8)15)10-1-2-11(18)16-12(10)19/h3-4,10H,1-2,5H2,(H,16,18,19). The Morgan fingerprint density at radius 2 is 2.05 bits per heavy atom. The average Bonchev–Trinajstić information content (AvgIpc) is 2.68. The zero-order valence-corrected chi connectivity index (χ0v) is 10.5. The SMILES string of the molecule is [B]c1cc2c(cc1F)C(=O)N(C1CCC(=O)NC1=O)C2. The van der Waals surface area contributed by atoms with Crippen LogP contribution < -0.4 is 10.8 Å². The fraction of sp³-hybridized carbons (Fsp3) is 0.308. The molecule has 1 N–H and O–H groups in total. The molecule has 1 atom stereocenters. The first-order valence-corrected chi connectivity index (χ1v) is 6.20. The molecule has 1 aromatic carbocycles. The van der Waals surface area contributed by atoms with Crippen molar-refractivity contribution in [1.29, 1.82) is 0 Å². The van der Waals surface area contributed by atoms with Crippen molar-refractivity contribution in [2.45, 2.75) is 25.4 Å². The minimum absolute atomic E-state index is 0.0262. The largest absolute Gasteiger partial charge is 0.322 e. The highest BCUT2D eigenvalue weighted by Gasteiger charge is 2.39. The van der Waals surface area contributed by atoms with E-state index in [-0.39, 0.29) is 36.3 Å². The van der Waals surface area contributed by atoms with Crippen LogP contribution in [0.2, 0.25) is 0 Å². The maximum Gasteiger partial charge on any atom is 0.255 e. The molecule has 0 spiro atoms. The number of carbonyl (C=O) groups excluding carboxylic acids is 3. The van der Waals surface area contributed by atoms with Gasteiger partial charge in [-0.1, -0.05) is 11.5 Å². The Morgan fingerprint density at radius 3 is 2.75 bits per heavy atom. The molecule has 1 fully saturated rings. The summed E-state index contributed by atoms with van der Waals surface area (Å²) in [4.78, 5) is 36.5. The number of benzene rings is 1. The van der Waals surface area contributed by atoms with Gasteiger partial charge >= 0.3 is 0 Å². The maximum atomic E-state index is 13.4. The van der Waals surface area contributed by atoms with Crippen LogP contribution in [0.15, 0.2) is 12.1 Å². The van der Waals surface area contributed by atoms with E-state index in [1.165, 1.54) is 11.0 Å². The molecule has 1 saturated heterocycles. The Labute approximate surface area is 115 Å². The second kappa shape index (κ2) is 4.43. The first kappa shape index (κ1) is 12.8. The number of imide groups is 1. The predicted molar refractivity (Wildman–Crippen MR) is 67.8 cm³/mol. The lowest BCUT2D eigenvalue weighted by Gasteiger charge is -2.29. The zero-order valence-electron chi connectivity index (χ0n) is 10.5. The van der Waals surface area contributed by atoms with Gasteiger partial charge in [0.2, 0.25) is 11.8 Å². The van der Waals surface area contributed by atoms with Crippen LogP contribution in [-0.4, -0.2) is 36.5 Å². The number of nitrogens with zero attached hydrogens (tertiary/aromatic N) is 1. The Morgan fingerprint density at radius 1 is 1.30 bits per heavy atom. The van der Waals surface area contributed by atoms with Gasteiger partial charge in [0.15, 0.2) is 0 Å².